The van der Waals surface area contributed by atoms with E-state index in [2.05, 4.69) is 6.92 Å². The van der Waals surface area contributed by atoms with Crippen molar-refractivity contribution in [2.45, 2.75) is 110 Å². The van der Waals surface area contributed by atoms with E-state index >= 15 is 0 Å². The molecule has 0 unspecified atom stereocenters. The van der Waals surface area contributed by atoms with E-state index in [-0.39, 0.29) is 0 Å². The standard InChI is InChI=1S/C18H38N2/c1-2-3-4-5-6-7-8-9-10-11-12-13-14-15-16-17-18(19)20/h2-17H2,1H3,(H3,19,20). The molecule has 0 aromatic carbocycles. The highest BCUT2D eigenvalue weighted by Crippen LogP contribution is 2.13. The van der Waals surface area contributed by atoms with Crippen LogP contribution in [0.2, 0.25) is 0 Å². The molecule has 0 fully saturated rings. The normalized spacial score (nSPS) is 10.8. The van der Waals surface area contributed by atoms with Crippen LogP contribution in [0, 0.1) is 5.41 Å². The third kappa shape index (κ3) is 17.5. The first kappa shape index (κ1) is 19.5. The summed E-state index contributed by atoms with van der Waals surface area (Å²) in [6.45, 7) is 2.28. The Morgan fingerprint density at radius 1 is 0.600 bits per heavy atom. The molecule has 0 bridgehead atoms. The lowest BCUT2D eigenvalue weighted by Gasteiger charge is -2.03. The van der Waals surface area contributed by atoms with Gasteiger partial charge in [0.25, 0.3) is 0 Å². The highest BCUT2D eigenvalue weighted by Gasteiger charge is 1.95. The van der Waals surface area contributed by atoms with Gasteiger partial charge in [0.05, 0.1) is 5.84 Å². The van der Waals surface area contributed by atoms with Crippen molar-refractivity contribution in [3.63, 3.8) is 0 Å². The van der Waals surface area contributed by atoms with Crippen LogP contribution in [0.3, 0.4) is 0 Å². The summed E-state index contributed by atoms with van der Waals surface area (Å²) in [6.07, 6.45) is 21.6. The molecular formula is C18H38N2. The van der Waals surface area contributed by atoms with Crippen LogP contribution in [0.4, 0.5) is 0 Å². The van der Waals surface area contributed by atoms with E-state index in [1.54, 1.807) is 0 Å². The summed E-state index contributed by atoms with van der Waals surface area (Å²) in [7, 11) is 0. The molecule has 0 amide bonds. The Labute approximate surface area is 127 Å². The average Bonchev–Trinajstić information content (AvgIpc) is 2.43. The Hall–Kier alpha value is -0.530. The summed E-state index contributed by atoms with van der Waals surface area (Å²) in [5.41, 5.74) is 5.33. The minimum Gasteiger partial charge on any atom is -0.388 e. The fraction of sp³-hybridized carbons (Fsp3) is 0.944. The second kappa shape index (κ2) is 16.5. The summed E-state index contributed by atoms with van der Waals surface area (Å²) in [6, 6.07) is 0. The van der Waals surface area contributed by atoms with Gasteiger partial charge in [-0.05, 0) is 6.42 Å². The van der Waals surface area contributed by atoms with Crippen molar-refractivity contribution in [3.8, 4) is 0 Å². The van der Waals surface area contributed by atoms with E-state index in [1.165, 1.54) is 89.9 Å². The number of amidine groups is 1. The lowest BCUT2D eigenvalue weighted by Crippen LogP contribution is -2.08. The van der Waals surface area contributed by atoms with Crippen molar-refractivity contribution < 1.29 is 0 Å². The Bertz CT molecular complexity index is 202. The fourth-order valence-corrected chi connectivity index (χ4v) is 2.69. The van der Waals surface area contributed by atoms with Gasteiger partial charge in [-0.3, -0.25) is 5.41 Å². The quantitative estimate of drug-likeness (QED) is 0.198. The molecule has 0 atom stereocenters. The molecule has 0 heterocycles. The third-order valence-electron chi connectivity index (χ3n) is 4.05. The molecule has 0 radical (unpaired) electrons. The van der Waals surface area contributed by atoms with Gasteiger partial charge in [-0.15, -0.1) is 0 Å². The maximum Gasteiger partial charge on any atom is 0.0905 e. The number of rotatable bonds is 16. The van der Waals surface area contributed by atoms with Gasteiger partial charge in [0.1, 0.15) is 0 Å². The molecule has 20 heavy (non-hydrogen) atoms. The van der Waals surface area contributed by atoms with E-state index in [4.69, 9.17) is 11.1 Å². The topological polar surface area (TPSA) is 49.9 Å². The van der Waals surface area contributed by atoms with Crippen molar-refractivity contribution in [1.29, 1.82) is 5.41 Å². The van der Waals surface area contributed by atoms with Gasteiger partial charge < -0.3 is 5.73 Å². The van der Waals surface area contributed by atoms with Crippen LogP contribution in [0.5, 0.6) is 0 Å². The first-order chi connectivity index (χ1) is 9.77. The number of nitrogens with one attached hydrogen (secondary N) is 1. The zero-order valence-electron chi connectivity index (χ0n) is 13.9. The summed E-state index contributed by atoms with van der Waals surface area (Å²) >= 11 is 0. The second-order valence-electron chi connectivity index (χ2n) is 6.22. The monoisotopic (exact) mass is 282 g/mol. The van der Waals surface area contributed by atoms with E-state index in [0.29, 0.717) is 5.84 Å². The van der Waals surface area contributed by atoms with Crippen molar-refractivity contribution >= 4 is 5.84 Å². The van der Waals surface area contributed by atoms with Crippen molar-refractivity contribution in [1.82, 2.24) is 0 Å². The molecule has 120 valence electrons. The highest BCUT2D eigenvalue weighted by molar-refractivity contribution is 5.76. The highest BCUT2D eigenvalue weighted by atomic mass is 14.7. The summed E-state index contributed by atoms with van der Waals surface area (Å²) in [4.78, 5) is 0. The third-order valence-corrected chi connectivity index (χ3v) is 4.05. The van der Waals surface area contributed by atoms with Gasteiger partial charge in [-0.25, -0.2) is 0 Å². The number of unbranched alkanes of at least 4 members (excludes halogenated alkanes) is 14. The van der Waals surface area contributed by atoms with Gasteiger partial charge in [0.2, 0.25) is 0 Å². The van der Waals surface area contributed by atoms with Gasteiger partial charge in [0.15, 0.2) is 0 Å². The molecule has 0 aliphatic rings. The molecule has 0 aliphatic carbocycles. The van der Waals surface area contributed by atoms with Crippen molar-refractivity contribution in [3.05, 3.63) is 0 Å². The molecule has 0 aromatic heterocycles. The average molecular weight is 283 g/mol. The number of nitrogens with two attached hydrogens (primary N) is 1. The second-order valence-corrected chi connectivity index (χ2v) is 6.22. The first-order valence-electron chi connectivity index (χ1n) is 9.10. The minimum absolute atomic E-state index is 0.347. The molecule has 3 N–H and O–H groups in total. The summed E-state index contributed by atoms with van der Waals surface area (Å²) in [5.74, 6) is 0.347. The van der Waals surface area contributed by atoms with Gasteiger partial charge in [-0.1, -0.05) is 96.8 Å². The van der Waals surface area contributed by atoms with Crippen LogP contribution < -0.4 is 5.73 Å². The fourth-order valence-electron chi connectivity index (χ4n) is 2.69. The summed E-state index contributed by atoms with van der Waals surface area (Å²) in [5, 5.41) is 7.15. The molecule has 0 spiro atoms. The Morgan fingerprint density at radius 2 is 0.900 bits per heavy atom. The van der Waals surface area contributed by atoms with Crippen LogP contribution in [0.25, 0.3) is 0 Å². The van der Waals surface area contributed by atoms with E-state index in [9.17, 15) is 0 Å². The van der Waals surface area contributed by atoms with Crippen LogP contribution in [0.1, 0.15) is 110 Å². The molecule has 0 saturated carbocycles. The lowest BCUT2D eigenvalue weighted by molar-refractivity contribution is 0.533. The smallest absolute Gasteiger partial charge is 0.0905 e. The zero-order chi connectivity index (χ0) is 14.9. The molecule has 2 nitrogen and oxygen atoms in total. The Kier molecular flexibility index (Phi) is 16.1. The van der Waals surface area contributed by atoms with Crippen molar-refractivity contribution in [2.24, 2.45) is 5.73 Å². The van der Waals surface area contributed by atoms with Crippen LogP contribution in [0.15, 0.2) is 0 Å². The molecular weight excluding hydrogens is 244 g/mol. The zero-order valence-corrected chi connectivity index (χ0v) is 13.9. The minimum atomic E-state index is 0.347. The Morgan fingerprint density at radius 3 is 1.20 bits per heavy atom. The number of hydrogen-bond donors (Lipinski definition) is 2. The van der Waals surface area contributed by atoms with E-state index < -0.39 is 0 Å². The number of hydrogen-bond acceptors (Lipinski definition) is 1. The van der Waals surface area contributed by atoms with Gasteiger partial charge >= 0.3 is 0 Å². The van der Waals surface area contributed by atoms with Crippen LogP contribution >= 0.6 is 0 Å². The van der Waals surface area contributed by atoms with Gasteiger partial charge in [0, 0.05) is 6.42 Å². The molecule has 2 heteroatoms. The molecule has 0 rings (SSSR count). The largest absolute Gasteiger partial charge is 0.388 e. The van der Waals surface area contributed by atoms with Gasteiger partial charge in [-0.2, -0.15) is 0 Å². The first-order valence-corrected chi connectivity index (χ1v) is 9.10. The Balaban J connectivity index is 2.94. The molecule has 0 aromatic rings. The lowest BCUT2D eigenvalue weighted by atomic mass is 10.0. The summed E-state index contributed by atoms with van der Waals surface area (Å²) < 4.78 is 0. The van der Waals surface area contributed by atoms with Crippen LogP contribution in [-0.2, 0) is 0 Å². The van der Waals surface area contributed by atoms with Crippen molar-refractivity contribution in [2.75, 3.05) is 0 Å². The molecule has 0 saturated heterocycles. The van der Waals surface area contributed by atoms with Crippen LogP contribution in [-0.4, -0.2) is 5.84 Å². The predicted molar refractivity (Wildman–Crippen MR) is 91.5 cm³/mol. The predicted octanol–water partition coefficient (Wildman–Crippen LogP) is 6.18. The maximum absolute atomic E-state index is 7.15. The van der Waals surface area contributed by atoms with E-state index in [1.807, 2.05) is 0 Å². The van der Waals surface area contributed by atoms with E-state index in [0.717, 1.165) is 12.8 Å². The SMILES string of the molecule is CCCCCCCCCCCCCCCCCC(=N)N. The molecule has 0 aliphatic heterocycles. The maximum atomic E-state index is 7.15.